The molecule has 0 aromatic heterocycles. The third-order valence-corrected chi connectivity index (χ3v) is 24.5. The van der Waals surface area contributed by atoms with E-state index in [0.29, 0.717) is 28.2 Å². The topological polar surface area (TPSA) is 169 Å². The van der Waals surface area contributed by atoms with Gasteiger partial charge in [0.1, 0.15) is 19.6 Å². The molecule has 18 rings (SSSR count). The number of amides is 1. The fourth-order valence-corrected chi connectivity index (χ4v) is 18.7. The van der Waals surface area contributed by atoms with E-state index in [4.69, 9.17) is 72.6 Å². The first-order valence-electron chi connectivity index (χ1n) is 35.9. The summed E-state index contributed by atoms with van der Waals surface area (Å²) in [5, 5.41) is 22.5. The number of para-hydroxylation sites is 5. The van der Waals surface area contributed by atoms with E-state index in [2.05, 4.69) is 112 Å². The quantitative estimate of drug-likeness (QED) is 0.0460. The molecular formula is C88H77BCl5N7NaO7S5. The van der Waals surface area contributed by atoms with Gasteiger partial charge in [-0.15, -0.1) is 0 Å². The van der Waals surface area contributed by atoms with Crippen LogP contribution in [0.5, 0.6) is 0 Å². The third-order valence-electron chi connectivity index (χ3n) is 17.7. The average Bonchev–Trinajstić information content (AvgIpc) is 0.802. The van der Waals surface area contributed by atoms with Crippen LogP contribution in [0.15, 0.2) is 322 Å². The number of carboxylic acid groups (broad SMARTS) is 1. The van der Waals surface area contributed by atoms with Gasteiger partial charge < -0.3 is 55.6 Å². The standard InChI is InChI=1S/C21H17ClN2OS.C21H19ClN2S.C16H14ClNO2S.C14H10ClNO2S.C12H8ClNS.C4H8O.B.Na.H2O/c22-16-10-11-20-18(12-16)24(17-8-4-5-9-19(17)26-20)14-21(25)23-13-15-6-2-1-3-7-15;22-17-10-11-21-19(14-17)24(18-8-4-5-9-20(18)25-21)13-12-23-15-16-6-2-1-3-7-16;1-2-20-16(19)10-18-12-5-3-4-6-14(12)21-15-8-7-11(17)9-13(15)18;15-9-5-6-13-11(7-9)16(8-14(17)18)10-3-1-2-4-12(10)19-13;13-8-5-6-12-10(7-8)14-9-3-1-2-4-11(9)15-12;1-2-4-5-3-1;;;/h1-12H,13-14H2,(H,23,25);1-11,14,23H,12-13,15H2;3-9H,2,10H2,1H3;1-7H,8H2,(H,17,18);1-7,14H;1-4H2;;;1H2/q;;;;;;;+1;/p-1. The van der Waals surface area contributed by atoms with E-state index in [1.807, 2.05) is 210 Å². The summed E-state index contributed by atoms with van der Waals surface area (Å²) in [7, 11) is 0. The second kappa shape index (κ2) is 44.0. The van der Waals surface area contributed by atoms with Crippen LogP contribution in [0, 0.1) is 0 Å². The molecule has 0 saturated carbocycles. The number of carbonyl (C=O) groups is 3. The molecule has 12 aromatic rings. The molecule has 0 unspecified atom stereocenters. The summed E-state index contributed by atoms with van der Waals surface area (Å²) in [5.74, 6) is -1.14. The number of nitrogens with one attached hydrogen (secondary N) is 3. The number of aliphatic carboxylic acids is 1. The van der Waals surface area contributed by atoms with Crippen LogP contribution in [0.2, 0.25) is 25.1 Å². The fraction of sp³-hybridized carbons (Fsp3) is 0.148. The number of hydrogen-bond acceptors (Lipinski definition) is 17. The van der Waals surface area contributed by atoms with Crippen molar-refractivity contribution in [2.24, 2.45) is 0 Å². The van der Waals surface area contributed by atoms with Gasteiger partial charge in [-0.1, -0.05) is 238 Å². The maximum atomic E-state index is 12.6. The molecule has 0 aliphatic carbocycles. The zero-order chi connectivity index (χ0) is 77.0. The molecule has 6 heterocycles. The Hall–Kier alpha value is -7.81. The summed E-state index contributed by atoms with van der Waals surface area (Å²) in [6.45, 7) is 7.74. The number of halogens is 5. The van der Waals surface area contributed by atoms with Gasteiger partial charge in [0, 0.05) is 122 Å². The van der Waals surface area contributed by atoms with Crippen LogP contribution in [-0.4, -0.2) is 89.4 Å². The predicted molar refractivity (Wildman–Crippen MR) is 470 cm³/mol. The number of nitrogens with zero attached hydrogens (tertiary/aromatic N) is 4. The Morgan fingerprint density at radius 3 is 1.18 bits per heavy atom. The number of hydrogen-bond donors (Lipinski definition) is 4. The van der Waals surface area contributed by atoms with Crippen LogP contribution < -0.4 is 65.1 Å². The number of carbonyl (C=O) groups excluding carboxylic acids is 2. The molecule has 0 spiro atoms. The normalized spacial score (nSPS) is 12.7. The van der Waals surface area contributed by atoms with Crippen molar-refractivity contribution in [1.82, 2.24) is 10.6 Å². The van der Waals surface area contributed by atoms with Crippen molar-refractivity contribution >= 4 is 200 Å². The zero-order valence-corrected chi connectivity index (χ0v) is 72.1. The van der Waals surface area contributed by atoms with Gasteiger partial charge in [0.2, 0.25) is 5.91 Å². The van der Waals surface area contributed by atoms with Crippen molar-refractivity contribution in [2.45, 2.75) is 81.8 Å². The SMILES string of the molecule is C1CCOC1.CCOC(=O)CN1c2ccccc2Sc2ccc(Cl)cc21.Clc1ccc2c(c1)N(CCNCc1ccccc1)c1ccccc1S2.Clc1ccc2c(c1)Nc1ccccc1S2.O=C(CN1c2ccccc2Sc2ccc(Cl)cc21)NCc1ccccc1.O=C(O)CN1c2ccccc2Sc2ccc(Cl)cc21.[B].[Na+].[OH-]. The molecule has 0 bridgehead atoms. The number of anilines is 10. The van der Waals surface area contributed by atoms with Crippen molar-refractivity contribution in [3.63, 3.8) is 0 Å². The largest absolute Gasteiger partial charge is 1.00 e. The van der Waals surface area contributed by atoms with Crippen LogP contribution in [0.25, 0.3) is 0 Å². The molecule has 3 radical (unpaired) electrons. The summed E-state index contributed by atoms with van der Waals surface area (Å²) in [6, 6.07) is 90.3. The Labute approximate surface area is 735 Å². The van der Waals surface area contributed by atoms with Gasteiger partial charge in [-0.2, -0.15) is 0 Å². The predicted octanol–water partition coefficient (Wildman–Crippen LogP) is 21.3. The van der Waals surface area contributed by atoms with Crippen LogP contribution in [0.3, 0.4) is 0 Å². The van der Waals surface area contributed by atoms with E-state index >= 15 is 0 Å². The first-order valence-corrected chi connectivity index (χ1v) is 41.9. The average molecular weight is 1720 g/mol. The molecule has 12 aromatic carbocycles. The molecule has 575 valence electrons. The second-order valence-electron chi connectivity index (χ2n) is 25.4. The van der Waals surface area contributed by atoms with Gasteiger partial charge in [-0.05, 0) is 183 Å². The van der Waals surface area contributed by atoms with Crippen molar-refractivity contribution in [2.75, 3.05) is 77.5 Å². The van der Waals surface area contributed by atoms with E-state index < -0.39 is 5.97 Å². The molecule has 114 heavy (non-hydrogen) atoms. The second-order valence-corrected chi connectivity index (χ2v) is 33.0. The summed E-state index contributed by atoms with van der Waals surface area (Å²) in [6.07, 6.45) is 2.56. The molecule has 1 fully saturated rings. The summed E-state index contributed by atoms with van der Waals surface area (Å²) < 4.78 is 10.0. The van der Waals surface area contributed by atoms with Gasteiger partial charge in [0.25, 0.3) is 0 Å². The smallest absolute Gasteiger partial charge is 0.870 e. The number of fused-ring (bicyclic) bond motifs is 10. The number of esters is 1. The molecule has 1 amide bonds. The third kappa shape index (κ3) is 23.7. The van der Waals surface area contributed by atoms with Crippen molar-refractivity contribution in [1.29, 1.82) is 0 Å². The first-order chi connectivity index (χ1) is 54.2. The number of rotatable bonds is 14. The summed E-state index contributed by atoms with van der Waals surface area (Å²) in [4.78, 5) is 55.3. The minimum absolute atomic E-state index is 0. The Morgan fingerprint density at radius 2 is 0.754 bits per heavy atom. The minimum Gasteiger partial charge on any atom is -0.870 e. The van der Waals surface area contributed by atoms with Gasteiger partial charge in [0.15, 0.2) is 0 Å². The Morgan fingerprint density at radius 1 is 0.412 bits per heavy atom. The van der Waals surface area contributed by atoms with Crippen molar-refractivity contribution in [3.05, 3.63) is 309 Å². The van der Waals surface area contributed by atoms with Crippen molar-refractivity contribution in [3.8, 4) is 0 Å². The molecule has 1 saturated heterocycles. The van der Waals surface area contributed by atoms with E-state index in [9.17, 15) is 14.4 Å². The van der Waals surface area contributed by atoms with Gasteiger partial charge in [0.05, 0.1) is 63.5 Å². The van der Waals surface area contributed by atoms with Crippen molar-refractivity contribution < 1.29 is 64.0 Å². The maximum absolute atomic E-state index is 12.6. The van der Waals surface area contributed by atoms with Crippen LogP contribution in [-0.2, 0) is 36.9 Å². The minimum atomic E-state index is -0.868. The molecule has 0 atom stereocenters. The zero-order valence-electron chi connectivity index (χ0n) is 62.2. The molecule has 26 heteroatoms. The van der Waals surface area contributed by atoms with Crippen LogP contribution >= 0.6 is 117 Å². The molecular weight excluding hydrogens is 1640 g/mol. The Bertz CT molecular complexity index is 5260. The molecule has 6 aliphatic rings. The van der Waals surface area contributed by atoms with Gasteiger partial charge in [-0.25, -0.2) is 0 Å². The molecule has 6 aliphatic heterocycles. The Kier molecular flexibility index (Phi) is 34.1. The first kappa shape index (κ1) is 88.6. The maximum Gasteiger partial charge on any atom is 1.00 e. The summed E-state index contributed by atoms with van der Waals surface area (Å²) in [5.41, 5.74) is 12.8. The fourth-order valence-electron chi connectivity index (χ4n) is 12.6. The molecule has 14 nitrogen and oxygen atoms in total. The van der Waals surface area contributed by atoms with E-state index in [-0.39, 0.29) is 75.0 Å². The van der Waals surface area contributed by atoms with E-state index in [1.165, 1.54) is 49.4 Å². The van der Waals surface area contributed by atoms with E-state index in [1.54, 1.807) is 51.9 Å². The van der Waals surface area contributed by atoms with Gasteiger partial charge >= 0.3 is 41.5 Å². The number of ether oxygens (including phenoxy) is 2. The van der Waals surface area contributed by atoms with Crippen LogP contribution in [0.1, 0.15) is 30.9 Å². The summed E-state index contributed by atoms with van der Waals surface area (Å²) >= 11 is 39.2. The number of benzene rings is 12. The Balaban J connectivity index is 0.000000149. The van der Waals surface area contributed by atoms with Gasteiger partial charge in [-0.3, -0.25) is 14.4 Å². The van der Waals surface area contributed by atoms with Crippen LogP contribution in [0.4, 0.5) is 56.9 Å². The number of carboxylic acids is 1. The van der Waals surface area contributed by atoms with E-state index in [0.717, 1.165) is 123 Å². The monoisotopic (exact) mass is 1710 g/mol. The molecule has 5 N–H and O–H groups in total.